The van der Waals surface area contributed by atoms with E-state index < -0.39 is 27.9 Å². The van der Waals surface area contributed by atoms with Crippen LogP contribution >= 0.6 is 11.6 Å². The first kappa shape index (κ1) is 24.2. The summed E-state index contributed by atoms with van der Waals surface area (Å²) < 4.78 is 33.8. The van der Waals surface area contributed by atoms with Crippen molar-refractivity contribution >= 4 is 39.1 Å². The summed E-state index contributed by atoms with van der Waals surface area (Å²) >= 11 is 5.93. The smallest absolute Gasteiger partial charge is 0.339 e. The van der Waals surface area contributed by atoms with Crippen LogP contribution in [0.4, 0.5) is 5.69 Å². The van der Waals surface area contributed by atoms with Gasteiger partial charge in [0.15, 0.2) is 6.10 Å². The number of anilines is 1. The van der Waals surface area contributed by atoms with Gasteiger partial charge in [-0.1, -0.05) is 84.4 Å². The Morgan fingerprint density at radius 1 is 0.743 bits per heavy atom. The molecule has 8 heteroatoms. The standard InChI is InChI=1S/C27H20ClNO5S/c28-22-14-8-15-23(18-22)29-35(32,33)24-16-7-13-21(17-24)27(31)34-26(20-11-5-2-6-12-20)25(30)19-9-3-1-4-10-19/h1-18,26,29H. The lowest BCUT2D eigenvalue weighted by Gasteiger charge is -2.18. The van der Waals surface area contributed by atoms with Crippen LogP contribution < -0.4 is 4.72 Å². The van der Waals surface area contributed by atoms with Crippen molar-refractivity contribution in [3.05, 3.63) is 131 Å². The fraction of sp³-hybridized carbons (Fsp3) is 0.0370. The van der Waals surface area contributed by atoms with Gasteiger partial charge in [-0.05, 0) is 36.4 Å². The third kappa shape index (κ3) is 5.95. The zero-order valence-electron chi connectivity index (χ0n) is 18.3. The van der Waals surface area contributed by atoms with Crippen LogP contribution in [0, 0.1) is 0 Å². The Balaban J connectivity index is 1.60. The molecule has 4 rings (SSSR count). The van der Waals surface area contributed by atoms with Crippen molar-refractivity contribution < 1.29 is 22.7 Å². The van der Waals surface area contributed by atoms with E-state index in [9.17, 15) is 18.0 Å². The first-order valence-corrected chi connectivity index (χ1v) is 12.4. The summed E-state index contributed by atoms with van der Waals surface area (Å²) in [5.74, 6) is -1.22. The van der Waals surface area contributed by atoms with Crippen LogP contribution in [-0.4, -0.2) is 20.2 Å². The molecule has 0 aromatic heterocycles. The number of sulfonamides is 1. The van der Waals surface area contributed by atoms with Gasteiger partial charge in [-0.2, -0.15) is 0 Å². The second kappa shape index (κ2) is 10.5. The fourth-order valence-electron chi connectivity index (χ4n) is 3.39. The molecule has 1 atom stereocenters. The number of nitrogens with one attached hydrogen (secondary N) is 1. The van der Waals surface area contributed by atoms with Gasteiger partial charge in [-0.15, -0.1) is 0 Å². The van der Waals surface area contributed by atoms with Crippen LogP contribution in [-0.2, 0) is 14.8 Å². The highest BCUT2D eigenvalue weighted by molar-refractivity contribution is 7.92. The van der Waals surface area contributed by atoms with Crippen molar-refractivity contribution in [2.24, 2.45) is 0 Å². The van der Waals surface area contributed by atoms with Gasteiger partial charge >= 0.3 is 5.97 Å². The molecular formula is C27H20ClNO5S. The molecule has 4 aromatic carbocycles. The molecule has 0 saturated heterocycles. The summed E-state index contributed by atoms with van der Waals surface area (Å²) in [5, 5.41) is 0.373. The lowest BCUT2D eigenvalue weighted by molar-refractivity contribution is 0.0280. The maximum atomic E-state index is 13.2. The van der Waals surface area contributed by atoms with Gasteiger partial charge in [0.25, 0.3) is 10.0 Å². The summed E-state index contributed by atoms with van der Waals surface area (Å²) in [5.41, 5.74) is 1.15. The van der Waals surface area contributed by atoms with Gasteiger partial charge in [0.2, 0.25) is 5.78 Å². The number of hydrogen-bond acceptors (Lipinski definition) is 5. The molecule has 0 aliphatic heterocycles. The Hall–Kier alpha value is -3.94. The maximum Gasteiger partial charge on any atom is 0.339 e. The van der Waals surface area contributed by atoms with E-state index in [1.54, 1.807) is 78.9 Å². The van der Waals surface area contributed by atoms with Gasteiger partial charge in [-0.25, -0.2) is 13.2 Å². The number of ether oxygens (including phenoxy) is 1. The highest BCUT2D eigenvalue weighted by Crippen LogP contribution is 2.25. The average Bonchev–Trinajstić information content (AvgIpc) is 2.87. The SMILES string of the molecule is O=C(OC(C(=O)c1ccccc1)c1ccccc1)c1cccc(S(=O)(=O)Nc2cccc(Cl)c2)c1. The minimum absolute atomic E-state index is 0.0132. The van der Waals surface area contributed by atoms with E-state index in [1.807, 2.05) is 0 Å². The average molecular weight is 506 g/mol. The van der Waals surface area contributed by atoms with E-state index in [2.05, 4.69) is 4.72 Å². The Morgan fingerprint density at radius 3 is 2.06 bits per heavy atom. The number of benzene rings is 4. The Morgan fingerprint density at radius 2 is 1.37 bits per heavy atom. The monoisotopic (exact) mass is 505 g/mol. The van der Waals surface area contributed by atoms with Crippen LogP contribution in [0.2, 0.25) is 5.02 Å². The number of rotatable bonds is 8. The number of Topliss-reactive ketones (excluding diaryl/α,β-unsaturated/α-hetero) is 1. The van der Waals surface area contributed by atoms with Crippen LogP contribution in [0.3, 0.4) is 0 Å². The molecule has 0 bridgehead atoms. The van der Waals surface area contributed by atoms with E-state index in [0.717, 1.165) is 0 Å². The molecule has 35 heavy (non-hydrogen) atoms. The predicted molar refractivity (Wildman–Crippen MR) is 134 cm³/mol. The molecule has 0 spiro atoms. The largest absolute Gasteiger partial charge is 0.445 e. The van der Waals surface area contributed by atoms with E-state index in [-0.39, 0.29) is 16.1 Å². The highest BCUT2D eigenvalue weighted by Gasteiger charge is 2.27. The highest BCUT2D eigenvalue weighted by atomic mass is 35.5. The minimum atomic E-state index is -4.01. The van der Waals surface area contributed by atoms with Gasteiger partial charge in [0.05, 0.1) is 16.1 Å². The molecule has 176 valence electrons. The number of carbonyl (C=O) groups is 2. The first-order valence-electron chi connectivity index (χ1n) is 10.6. The quantitative estimate of drug-likeness (QED) is 0.237. The Labute approximate surface area is 208 Å². The summed E-state index contributed by atoms with van der Waals surface area (Å²) in [7, 11) is -4.01. The molecule has 0 saturated carbocycles. The van der Waals surface area contributed by atoms with Crippen LogP contribution in [0.5, 0.6) is 0 Å². The molecule has 0 radical (unpaired) electrons. The van der Waals surface area contributed by atoms with Crippen LogP contribution in [0.1, 0.15) is 32.4 Å². The number of carbonyl (C=O) groups excluding carboxylic acids is 2. The van der Waals surface area contributed by atoms with E-state index in [0.29, 0.717) is 16.1 Å². The molecule has 1 N–H and O–H groups in total. The molecule has 0 heterocycles. The summed E-state index contributed by atoms with van der Waals surface area (Å²) in [4.78, 5) is 26.1. The van der Waals surface area contributed by atoms with Crippen molar-refractivity contribution in [1.29, 1.82) is 0 Å². The van der Waals surface area contributed by atoms with Gasteiger partial charge in [0.1, 0.15) is 0 Å². The second-order valence-corrected chi connectivity index (χ2v) is 9.69. The third-order valence-corrected chi connectivity index (χ3v) is 6.69. The molecule has 1 unspecified atom stereocenters. The molecule has 0 amide bonds. The zero-order valence-corrected chi connectivity index (χ0v) is 19.9. The molecule has 6 nitrogen and oxygen atoms in total. The summed E-state index contributed by atoms with van der Waals surface area (Å²) in [6.45, 7) is 0. The van der Waals surface area contributed by atoms with E-state index in [1.165, 1.54) is 30.3 Å². The molecule has 0 aliphatic rings. The van der Waals surface area contributed by atoms with E-state index >= 15 is 0 Å². The Bertz CT molecular complexity index is 1460. The molecule has 0 aliphatic carbocycles. The first-order chi connectivity index (χ1) is 16.8. The van der Waals surface area contributed by atoms with Crippen molar-refractivity contribution in [3.8, 4) is 0 Å². The minimum Gasteiger partial charge on any atom is -0.445 e. The fourth-order valence-corrected chi connectivity index (χ4v) is 4.67. The van der Waals surface area contributed by atoms with Crippen LogP contribution in [0.25, 0.3) is 0 Å². The summed E-state index contributed by atoms with van der Waals surface area (Å²) in [6, 6.07) is 28.8. The normalized spacial score (nSPS) is 11.9. The van der Waals surface area contributed by atoms with Gasteiger partial charge in [0, 0.05) is 16.1 Å². The van der Waals surface area contributed by atoms with Crippen molar-refractivity contribution in [2.75, 3.05) is 4.72 Å². The van der Waals surface area contributed by atoms with Gasteiger partial charge in [-0.3, -0.25) is 9.52 Å². The molecule has 4 aromatic rings. The number of esters is 1. The predicted octanol–water partition coefficient (Wildman–Crippen LogP) is 5.92. The molecular weight excluding hydrogens is 486 g/mol. The van der Waals surface area contributed by atoms with Gasteiger partial charge < -0.3 is 4.74 Å². The number of hydrogen-bond donors (Lipinski definition) is 1. The Kier molecular flexibility index (Phi) is 7.29. The second-order valence-electron chi connectivity index (χ2n) is 7.57. The number of halogens is 1. The number of ketones is 1. The third-order valence-electron chi connectivity index (χ3n) is 5.08. The lowest BCUT2D eigenvalue weighted by atomic mass is 10.00. The van der Waals surface area contributed by atoms with E-state index in [4.69, 9.17) is 16.3 Å². The topological polar surface area (TPSA) is 89.5 Å². The zero-order chi connectivity index (χ0) is 24.8. The maximum absolute atomic E-state index is 13.2. The molecule has 0 fully saturated rings. The summed E-state index contributed by atoms with van der Waals surface area (Å²) in [6.07, 6.45) is -1.20. The lowest BCUT2D eigenvalue weighted by Crippen LogP contribution is -2.21. The van der Waals surface area contributed by atoms with Crippen molar-refractivity contribution in [3.63, 3.8) is 0 Å². The van der Waals surface area contributed by atoms with Crippen LogP contribution in [0.15, 0.2) is 114 Å². The van der Waals surface area contributed by atoms with Crippen molar-refractivity contribution in [1.82, 2.24) is 0 Å². The van der Waals surface area contributed by atoms with Crippen molar-refractivity contribution in [2.45, 2.75) is 11.0 Å².